The molecule has 0 bridgehead atoms. The minimum atomic E-state index is -1.07. The van der Waals surface area contributed by atoms with Crippen molar-refractivity contribution in [3.05, 3.63) is 53.1 Å². The average Bonchev–Trinajstić information content (AvgIpc) is 2.81. The zero-order valence-corrected chi connectivity index (χ0v) is 18.8. The van der Waals surface area contributed by atoms with Gasteiger partial charge in [-0.2, -0.15) is 0 Å². The molecule has 0 spiro atoms. The number of ether oxygens (including phenoxy) is 2. The number of aliphatic carboxylic acids is 1. The number of nitrogens with zero attached hydrogens (tertiary/aromatic N) is 2. The second-order valence-corrected chi connectivity index (χ2v) is 8.12. The highest BCUT2D eigenvalue weighted by atomic mass is 35.5. The van der Waals surface area contributed by atoms with Crippen LogP contribution >= 0.6 is 11.6 Å². The van der Waals surface area contributed by atoms with Gasteiger partial charge in [-0.1, -0.05) is 17.7 Å². The standard InChI is InChI=1S/C23H24ClFN4O4/c1-2-33-19-11-18-15(10-14(19)12-28-23(22(30)31)6-8-32-9-7-23)21(27-13-26-18)29-17-5-3-4-16(24)20(17)25/h3-5,10-11,13,28H,2,6-9,12H2,1H3,(H,30,31)(H,26,27,29). The molecule has 1 fully saturated rings. The van der Waals surface area contributed by atoms with Crippen LogP contribution in [-0.4, -0.2) is 46.4 Å². The molecule has 1 aliphatic heterocycles. The average molecular weight is 475 g/mol. The number of benzene rings is 2. The van der Waals surface area contributed by atoms with Crippen molar-refractivity contribution in [2.24, 2.45) is 0 Å². The largest absolute Gasteiger partial charge is 0.493 e. The molecular formula is C23H24ClFN4O4. The first-order chi connectivity index (χ1) is 15.9. The SMILES string of the molecule is CCOc1cc2ncnc(Nc3cccc(Cl)c3F)c2cc1CNC1(C(=O)O)CCOCC1. The molecule has 2 heterocycles. The highest BCUT2D eigenvalue weighted by molar-refractivity contribution is 6.31. The van der Waals surface area contributed by atoms with Crippen LogP contribution in [0.5, 0.6) is 5.75 Å². The smallest absolute Gasteiger partial charge is 0.324 e. The minimum Gasteiger partial charge on any atom is -0.493 e. The van der Waals surface area contributed by atoms with Gasteiger partial charge in [-0.15, -0.1) is 0 Å². The van der Waals surface area contributed by atoms with Crippen LogP contribution in [0.4, 0.5) is 15.9 Å². The van der Waals surface area contributed by atoms with Gasteiger partial charge >= 0.3 is 5.97 Å². The number of halogens is 2. The molecular weight excluding hydrogens is 451 g/mol. The van der Waals surface area contributed by atoms with Crippen LogP contribution in [0.15, 0.2) is 36.7 Å². The zero-order chi connectivity index (χ0) is 23.4. The first kappa shape index (κ1) is 23.2. The lowest BCUT2D eigenvalue weighted by Gasteiger charge is -2.34. The van der Waals surface area contributed by atoms with Gasteiger partial charge < -0.3 is 19.9 Å². The number of carboxylic acids is 1. The van der Waals surface area contributed by atoms with Crippen LogP contribution < -0.4 is 15.4 Å². The number of aromatic nitrogens is 2. The first-order valence-electron chi connectivity index (χ1n) is 10.6. The monoisotopic (exact) mass is 474 g/mol. The van der Waals surface area contributed by atoms with Crippen molar-refractivity contribution in [2.45, 2.75) is 31.8 Å². The summed E-state index contributed by atoms with van der Waals surface area (Å²) in [5.41, 5.74) is 0.444. The van der Waals surface area contributed by atoms with Gasteiger partial charge in [0.05, 0.1) is 22.8 Å². The lowest BCUT2D eigenvalue weighted by atomic mass is 9.90. The number of nitrogens with one attached hydrogen (secondary N) is 2. The fourth-order valence-corrected chi connectivity index (χ4v) is 4.01. The Balaban J connectivity index is 1.70. The van der Waals surface area contributed by atoms with Crippen molar-refractivity contribution in [2.75, 3.05) is 25.1 Å². The van der Waals surface area contributed by atoms with Gasteiger partial charge in [0.1, 0.15) is 23.4 Å². The predicted molar refractivity (Wildman–Crippen MR) is 123 cm³/mol. The summed E-state index contributed by atoms with van der Waals surface area (Å²) >= 11 is 5.90. The molecule has 1 aromatic heterocycles. The fraction of sp³-hybridized carbons (Fsp3) is 0.348. The van der Waals surface area contributed by atoms with Crippen molar-refractivity contribution in [3.8, 4) is 5.75 Å². The van der Waals surface area contributed by atoms with Gasteiger partial charge in [0.2, 0.25) is 0 Å². The number of fused-ring (bicyclic) bond motifs is 1. The van der Waals surface area contributed by atoms with Crippen LogP contribution in [0.3, 0.4) is 0 Å². The molecule has 0 aliphatic carbocycles. The second kappa shape index (κ2) is 9.86. The van der Waals surface area contributed by atoms with E-state index in [-0.39, 0.29) is 17.3 Å². The molecule has 3 aromatic rings. The number of rotatable bonds is 8. The normalized spacial score (nSPS) is 15.4. The summed E-state index contributed by atoms with van der Waals surface area (Å²) in [6, 6.07) is 8.27. The molecule has 0 atom stereocenters. The van der Waals surface area contributed by atoms with Gasteiger partial charge in [0.15, 0.2) is 5.82 Å². The lowest BCUT2D eigenvalue weighted by molar-refractivity contribution is -0.149. The third-order valence-corrected chi connectivity index (χ3v) is 5.99. The summed E-state index contributed by atoms with van der Waals surface area (Å²) in [7, 11) is 0. The molecule has 1 aliphatic rings. The predicted octanol–water partition coefficient (Wildman–Crippen LogP) is 4.29. The Bertz CT molecular complexity index is 1170. The maximum absolute atomic E-state index is 14.4. The molecule has 174 valence electrons. The molecule has 8 nitrogen and oxygen atoms in total. The zero-order valence-electron chi connectivity index (χ0n) is 18.0. The van der Waals surface area contributed by atoms with Gasteiger partial charge in [0, 0.05) is 36.8 Å². The maximum atomic E-state index is 14.4. The van der Waals surface area contributed by atoms with Gasteiger partial charge in [-0.25, -0.2) is 14.4 Å². The van der Waals surface area contributed by atoms with Crippen molar-refractivity contribution >= 4 is 40.0 Å². The van der Waals surface area contributed by atoms with E-state index in [4.69, 9.17) is 21.1 Å². The Kier molecular flexibility index (Phi) is 6.92. The number of hydrogen-bond acceptors (Lipinski definition) is 7. The van der Waals surface area contributed by atoms with Crippen molar-refractivity contribution in [3.63, 3.8) is 0 Å². The summed E-state index contributed by atoms with van der Waals surface area (Å²) in [6.45, 7) is 3.30. The van der Waals surface area contributed by atoms with E-state index in [1.165, 1.54) is 12.4 Å². The molecule has 0 saturated carbocycles. The molecule has 0 amide bonds. The van der Waals surface area contributed by atoms with E-state index in [0.29, 0.717) is 55.1 Å². The van der Waals surface area contributed by atoms with Crippen molar-refractivity contribution in [1.82, 2.24) is 15.3 Å². The van der Waals surface area contributed by atoms with E-state index in [1.807, 2.05) is 13.0 Å². The fourth-order valence-electron chi connectivity index (χ4n) is 3.83. The number of carbonyl (C=O) groups is 1. The van der Waals surface area contributed by atoms with E-state index >= 15 is 0 Å². The minimum absolute atomic E-state index is 0.00249. The molecule has 1 saturated heterocycles. The molecule has 0 radical (unpaired) electrons. The Morgan fingerprint density at radius 3 is 2.82 bits per heavy atom. The topological polar surface area (TPSA) is 106 Å². The van der Waals surface area contributed by atoms with Crippen LogP contribution in [0.1, 0.15) is 25.3 Å². The van der Waals surface area contributed by atoms with Crippen LogP contribution in [-0.2, 0) is 16.1 Å². The Hall–Kier alpha value is -3.01. The molecule has 33 heavy (non-hydrogen) atoms. The van der Waals surface area contributed by atoms with Crippen LogP contribution in [0, 0.1) is 5.82 Å². The Morgan fingerprint density at radius 1 is 1.30 bits per heavy atom. The molecule has 4 rings (SSSR count). The number of anilines is 2. The van der Waals surface area contributed by atoms with E-state index in [9.17, 15) is 14.3 Å². The summed E-state index contributed by atoms with van der Waals surface area (Å²) < 4.78 is 25.6. The summed E-state index contributed by atoms with van der Waals surface area (Å²) in [6.07, 6.45) is 2.11. The maximum Gasteiger partial charge on any atom is 0.324 e. The van der Waals surface area contributed by atoms with Crippen molar-refractivity contribution < 1.29 is 23.8 Å². The lowest BCUT2D eigenvalue weighted by Crippen LogP contribution is -2.55. The first-order valence-corrected chi connectivity index (χ1v) is 11.0. The van der Waals surface area contributed by atoms with Gasteiger partial charge in [0.25, 0.3) is 0 Å². The van der Waals surface area contributed by atoms with E-state index in [0.717, 1.165) is 5.56 Å². The highest BCUT2D eigenvalue weighted by Crippen LogP contribution is 2.32. The van der Waals surface area contributed by atoms with E-state index < -0.39 is 17.3 Å². The third-order valence-electron chi connectivity index (χ3n) is 5.70. The highest BCUT2D eigenvalue weighted by Gasteiger charge is 2.39. The van der Waals surface area contributed by atoms with Gasteiger partial charge in [-0.3, -0.25) is 10.1 Å². The van der Waals surface area contributed by atoms with Crippen LogP contribution in [0.2, 0.25) is 5.02 Å². The Morgan fingerprint density at radius 2 is 2.09 bits per heavy atom. The van der Waals surface area contributed by atoms with Gasteiger partial charge in [-0.05, 0) is 38.0 Å². The number of carboxylic acid groups (broad SMARTS) is 1. The van der Waals surface area contributed by atoms with E-state index in [2.05, 4.69) is 20.6 Å². The second-order valence-electron chi connectivity index (χ2n) is 7.71. The third kappa shape index (κ3) is 4.85. The van der Waals surface area contributed by atoms with Crippen LogP contribution in [0.25, 0.3) is 10.9 Å². The summed E-state index contributed by atoms with van der Waals surface area (Å²) in [4.78, 5) is 20.6. The summed E-state index contributed by atoms with van der Waals surface area (Å²) in [5.74, 6) is -0.512. The summed E-state index contributed by atoms with van der Waals surface area (Å²) in [5, 5.41) is 16.7. The molecule has 10 heteroatoms. The van der Waals surface area contributed by atoms with Crippen molar-refractivity contribution in [1.29, 1.82) is 0 Å². The quantitative estimate of drug-likeness (QED) is 0.444. The molecule has 3 N–H and O–H groups in total. The number of hydrogen-bond donors (Lipinski definition) is 3. The van der Waals surface area contributed by atoms with E-state index in [1.54, 1.807) is 18.2 Å². The molecule has 0 unspecified atom stereocenters. The Labute approximate surface area is 195 Å². The molecule has 2 aromatic carbocycles.